The van der Waals surface area contributed by atoms with Crippen LogP contribution in [0.2, 0.25) is 0 Å². The number of pyridine rings is 1. The minimum Gasteiger partial charge on any atom is -0.497 e. The number of likely N-dealkylation sites (N-methyl/N-ethyl adjacent to an activating group) is 1. The lowest BCUT2D eigenvalue weighted by molar-refractivity contribution is 0.0930. The highest BCUT2D eigenvalue weighted by Crippen LogP contribution is 2.49. The van der Waals surface area contributed by atoms with E-state index in [2.05, 4.69) is 57.0 Å². The number of benzene rings is 2. The fraction of sp³-hybridized carbons (Fsp3) is 0.333. The van der Waals surface area contributed by atoms with Crippen molar-refractivity contribution in [3.63, 3.8) is 0 Å². The molecule has 1 aliphatic carbocycles. The number of carbonyl (C=O) groups is 1. The first-order valence-electron chi connectivity index (χ1n) is 11.4. The predicted octanol–water partition coefficient (Wildman–Crippen LogP) is 5.13. The topological polar surface area (TPSA) is 57.7 Å². The number of carbonyl (C=O) groups excluding carboxylic acids is 1. The van der Waals surface area contributed by atoms with Crippen LogP contribution in [-0.2, 0) is 5.54 Å². The predicted molar refractivity (Wildman–Crippen MR) is 142 cm³/mol. The number of hydrogen-bond donors (Lipinski definition) is 1. The fourth-order valence-corrected chi connectivity index (χ4v) is 4.33. The number of nitrogens with one attached hydrogen (secondary N) is 1. The number of hydrogen-bond acceptors (Lipinski definition) is 6. The highest BCUT2D eigenvalue weighted by Gasteiger charge is 2.47. The lowest BCUT2D eigenvalue weighted by atomic mass is 9.97. The van der Waals surface area contributed by atoms with E-state index in [1.54, 1.807) is 25.1 Å². The molecule has 0 spiro atoms. The molecule has 2 aromatic carbocycles. The lowest BCUT2D eigenvalue weighted by Gasteiger charge is -2.24. The number of anilines is 1. The van der Waals surface area contributed by atoms with Crippen molar-refractivity contribution in [2.45, 2.75) is 25.3 Å². The Morgan fingerprint density at radius 3 is 2.56 bits per heavy atom. The first kappa shape index (κ1) is 24.0. The molecule has 7 heteroatoms. The molecule has 0 unspecified atom stereocenters. The van der Waals surface area contributed by atoms with Gasteiger partial charge in [0, 0.05) is 49.7 Å². The van der Waals surface area contributed by atoms with Gasteiger partial charge in [0.25, 0.3) is 5.91 Å². The molecule has 1 fully saturated rings. The van der Waals surface area contributed by atoms with E-state index < -0.39 is 0 Å². The average Bonchev–Trinajstić information content (AvgIpc) is 3.62. The lowest BCUT2D eigenvalue weighted by Crippen LogP contribution is -2.35. The van der Waals surface area contributed by atoms with Crippen molar-refractivity contribution in [3.05, 3.63) is 77.6 Å². The summed E-state index contributed by atoms with van der Waals surface area (Å²) in [7, 11) is 5.71. The van der Waals surface area contributed by atoms with E-state index >= 15 is 0 Å². The van der Waals surface area contributed by atoms with E-state index in [1.807, 2.05) is 44.6 Å². The maximum absolute atomic E-state index is 13.2. The van der Waals surface area contributed by atoms with E-state index in [9.17, 15) is 4.79 Å². The van der Waals surface area contributed by atoms with Crippen LogP contribution < -0.4 is 14.4 Å². The van der Waals surface area contributed by atoms with E-state index in [0.29, 0.717) is 11.3 Å². The second kappa shape index (κ2) is 9.97. The number of ether oxygens (including phenoxy) is 1. The average molecular weight is 477 g/mol. The molecule has 6 nitrogen and oxygen atoms in total. The van der Waals surface area contributed by atoms with Gasteiger partial charge in [0.1, 0.15) is 5.75 Å². The third-order valence-electron chi connectivity index (χ3n) is 6.40. The molecule has 3 aromatic rings. The van der Waals surface area contributed by atoms with Crippen molar-refractivity contribution in [1.29, 1.82) is 0 Å². The van der Waals surface area contributed by atoms with E-state index in [1.165, 1.54) is 0 Å². The van der Waals surface area contributed by atoms with Gasteiger partial charge in [-0.2, -0.15) is 0 Å². The van der Waals surface area contributed by atoms with Crippen LogP contribution in [0.15, 0.2) is 60.9 Å². The van der Waals surface area contributed by atoms with E-state index in [-0.39, 0.29) is 11.4 Å². The summed E-state index contributed by atoms with van der Waals surface area (Å²) in [6, 6.07) is 13.9. The Labute approximate surface area is 206 Å². The van der Waals surface area contributed by atoms with Gasteiger partial charge in [0.05, 0.1) is 18.2 Å². The number of rotatable bonds is 6. The van der Waals surface area contributed by atoms with Gasteiger partial charge in [0.15, 0.2) is 0 Å². The molecule has 1 amide bonds. The summed E-state index contributed by atoms with van der Waals surface area (Å²) < 4.78 is 7.42. The summed E-state index contributed by atoms with van der Waals surface area (Å²) in [5, 5.41) is 4.41. The largest absolute Gasteiger partial charge is 0.497 e. The number of fused-ring (bicyclic) bond motifs is 1. The molecule has 0 saturated heterocycles. The van der Waals surface area contributed by atoms with E-state index in [0.717, 1.165) is 47.1 Å². The van der Waals surface area contributed by atoms with Crippen molar-refractivity contribution in [1.82, 2.24) is 15.2 Å². The Morgan fingerprint density at radius 2 is 1.97 bits per heavy atom. The number of aromatic nitrogens is 1. The summed E-state index contributed by atoms with van der Waals surface area (Å²) in [5.74, 6) is 0.614. The summed E-state index contributed by atoms with van der Waals surface area (Å²) >= 11 is 1.65. The van der Waals surface area contributed by atoms with E-state index in [4.69, 9.17) is 4.74 Å². The van der Waals surface area contributed by atoms with Crippen LogP contribution in [0, 0.1) is 6.92 Å². The summed E-state index contributed by atoms with van der Waals surface area (Å²) in [5.41, 5.74) is 4.38. The Balaban J connectivity index is 0.000000486. The smallest absolute Gasteiger partial charge is 0.252 e. The number of methoxy groups -OCH3 is 1. The van der Waals surface area contributed by atoms with Crippen LogP contribution in [0.1, 0.15) is 34.3 Å². The van der Waals surface area contributed by atoms with Crippen molar-refractivity contribution in [2.75, 3.05) is 38.3 Å². The van der Waals surface area contributed by atoms with Gasteiger partial charge in [0.2, 0.25) is 0 Å². The molecule has 1 N–H and O–H groups in total. The molecule has 1 aliphatic heterocycles. The number of nitrogens with zero attached hydrogens (tertiary/aromatic N) is 3. The van der Waals surface area contributed by atoms with Crippen LogP contribution in [-0.4, -0.2) is 49.8 Å². The quantitative estimate of drug-likeness (QED) is 0.498. The third kappa shape index (κ3) is 4.99. The maximum atomic E-state index is 13.2. The van der Waals surface area contributed by atoms with Gasteiger partial charge >= 0.3 is 0 Å². The van der Waals surface area contributed by atoms with Crippen molar-refractivity contribution in [3.8, 4) is 5.75 Å². The Hall–Kier alpha value is -3.19. The van der Waals surface area contributed by atoms with Crippen LogP contribution >= 0.6 is 11.9 Å². The van der Waals surface area contributed by atoms with Crippen LogP contribution in [0.4, 0.5) is 5.69 Å². The van der Waals surface area contributed by atoms with Gasteiger partial charge in [-0.25, -0.2) is 0 Å². The Kier molecular flexibility index (Phi) is 7.03. The molecule has 0 bridgehead atoms. The summed E-state index contributed by atoms with van der Waals surface area (Å²) in [6.07, 6.45) is 9.87. The molecule has 1 aromatic heterocycles. The number of aryl methyl sites for hydroxylation is 1. The third-order valence-corrected chi connectivity index (χ3v) is 7.16. The Bertz CT molecular complexity index is 1220. The highest BCUT2D eigenvalue weighted by atomic mass is 32.2. The van der Waals surface area contributed by atoms with Gasteiger partial charge in [-0.15, -0.1) is 0 Å². The zero-order valence-corrected chi connectivity index (χ0v) is 21.3. The number of amides is 1. The van der Waals surface area contributed by atoms with Crippen molar-refractivity contribution in [2.24, 2.45) is 0 Å². The van der Waals surface area contributed by atoms with Gasteiger partial charge in [-0.3, -0.25) is 9.78 Å². The second-order valence-corrected chi connectivity index (χ2v) is 9.70. The molecular weight excluding hydrogens is 444 g/mol. The van der Waals surface area contributed by atoms with Crippen molar-refractivity contribution < 1.29 is 9.53 Å². The maximum Gasteiger partial charge on any atom is 0.252 e. The minimum absolute atomic E-state index is 0.0698. The second-order valence-electron chi connectivity index (χ2n) is 8.78. The molecule has 2 heterocycles. The molecule has 34 heavy (non-hydrogen) atoms. The minimum atomic E-state index is -0.358. The molecular formula is C27H32N4O2S. The summed E-state index contributed by atoms with van der Waals surface area (Å²) in [6.45, 7) is 3.08. The van der Waals surface area contributed by atoms with Crippen LogP contribution in [0.3, 0.4) is 0 Å². The first-order chi connectivity index (χ1) is 16.4. The first-order valence-corrected chi connectivity index (χ1v) is 12.6. The van der Waals surface area contributed by atoms with Crippen LogP contribution in [0.25, 0.3) is 10.9 Å². The van der Waals surface area contributed by atoms with Gasteiger partial charge in [-0.1, -0.05) is 24.1 Å². The molecule has 5 rings (SSSR count). The standard InChI is InChI=1S/C23H25N3O2S.C4H7N/c1-15-7-8-17(28-3)14-19(15)22(27)25-23(9-10-23)20-12-16(26(2)29-4)13-21-18(20)6-5-11-24-21;1-5-3-2-4-5/h5-8,11-14H,9-10H2,1-4H3,(H,25,27);2-3H,4H2,1H3. The van der Waals surface area contributed by atoms with Gasteiger partial charge in [-0.05, 0) is 73.5 Å². The van der Waals surface area contributed by atoms with Crippen LogP contribution in [0.5, 0.6) is 5.75 Å². The zero-order chi connectivity index (χ0) is 24.3. The normalized spacial score (nSPS) is 15.1. The Morgan fingerprint density at radius 1 is 1.24 bits per heavy atom. The SMILES string of the molecule is CN1C=CC1.COc1ccc(C)c(C(=O)NC2(c3cc(N(C)SC)cc4ncccc34)CC2)c1. The highest BCUT2D eigenvalue weighted by molar-refractivity contribution is 7.99. The molecule has 2 aliphatic rings. The molecule has 0 atom stereocenters. The van der Waals surface area contributed by atoms with Crippen molar-refractivity contribution >= 4 is 34.4 Å². The fourth-order valence-electron chi connectivity index (χ4n) is 4.01. The van der Waals surface area contributed by atoms with Gasteiger partial charge < -0.3 is 19.3 Å². The summed E-state index contributed by atoms with van der Waals surface area (Å²) in [4.78, 5) is 19.9. The molecule has 178 valence electrons. The molecule has 1 saturated carbocycles. The zero-order valence-electron chi connectivity index (χ0n) is 20.5. The molecule has 0 radical (unpaired) electrons. The monoisotopic (exact) mass is 476 g/mol.